The molecule has 0 N–H and O–H groups in total. The Kier molecular flexibility index (Phi) is 9.76. The van der Waals surface area contributed by atoms with E-state index in [1.54, 1.807) is 65.8 Å². The molecule has 1 amide bonds. The third-order valence-corrected chi connectivity index (χ3v) is 7.41. The number of hydrogen-bond acceptors (Lipinski definition) is 9. The van der Waals surface area contributed by atoms with E-state index in [0.29, 0.717) is 0 Å². The molecule has 0 atom stereocenters. The fourth-order valence-corrected chi connectivity index (χ4v) is 4.65. The number of ether oxygens (including phenoxy) is 5. The lowest BCUT2D eigenvalue weighted by Gasteiger charge is -2.25. The number of hydrogen-bond donors (Lipinski definition) is 0. The van der Waals surface area contributed by atoms with Gasteiger partial charge in [0, 0.05) is 8.07 Å². The molecule has 0 radical (unpaired) electrons. The van der Waals surface area contributed by atoms with Crippen LogP contribution in [-0.4, -0.2) is 62.8 Å². The Labute approximate surface area is 248 Å². The van der Waals surface area contributed by atoms with Gasteiger partial charge >= 0.3 is 17.9 Å². The predicted octanol–water partition coefficient (Wildman–Crippen LogP) is 6.00. The van der Waals surface area contributed by atoms with E-state index in [4.69, 9.17) is 23.7 Å². The van der Waals surface area contributed by atoms with E-state index >= 15 is 0 Å². The van der Waals surface area contributed by atoms with Crippen molar-refractivity contribution in [3.8, 4) is 17.2 Å². The van der Waals surface area contributed by atoms with Gasteiger partial charge in [-0.05, 0) is 77.9 Å². The van der Waals surface area contributed by atoms with Crippen molar-refractivity contribution in [2.45, 2.75) is 78.4 Å². The molecule has 0 saturated heterocycles. The van der Waals surface area contributed by atoms with E-state index in [0.717, 1.165) is 6.04 Å². The number of anilines is 1. The van der Waals surface area contributed by atoms with Crippen LogP contribution in [0.1, 0.15) is 62.3 Å². The Hall–Kier alpha value is -3.86. The summed E-state index contributed by atoms with van der Waals surface area (Å²) in [6.07, 6.45) is 0. The Morgan fingerprint density at radius 1 is 0.881 bits per heavy atom. The standard InChI is InChI=1S/C31H41NO9Si/c1-30(2,3)40-25(33)18-32-21-17-20(29(36)37-15-16-42(7,8)9)13-14-22(21)39-24-12-10-11-23(27(24)28(32)35)38-19-26(34)41-31(4,5)6/h10-14,17H,15-16,18-19H2,1-9H3. The van der Waals surface area contributed by atoms with E-state index < -0.39 is 56.2 Å². The maximum atomic E-state index is 14.1. The Morgan fingerprint density at radius 2 is 1.52 bits per heavy atom. The summed E-state index contributed by atoms with van der Waals surface area (Å²) >= 11 is 0. The SMILES string of the molecule is CC(C)(C)OC(=O)COc1cccc2c1C(=O)N(CC(=O)OC(C)(C)C)c1cc(C(=O)OCC[Si](C)(C)C)ccc1O2. The van der Waals surface area contributed by atoms with Gasteiger partial charge in [0.1, 0.15) is 34.8 Å². The van der Waals surface area contributed by atoms with E-state index in [2.05, 4.69) is 19.6 Å². The molecule has 1 aliphatic heterocycles. The number of carbonyl (C=O) groups is 4. The maximum absolute atomic E-state index is 14.1. The second-order valence-electron chi connectivity index (χ2n) is 13.2. The highest BCUT2D eigenvalue weighted by Gasteiger charge is 2.34. The molecule has 2 aromatic rings. The minimum absolute atomic E-state index is 0.0000738. The normalized spacial score (nSPS) is 13.3. The number of rotatable bonds is 9. The van der Waals surface area contributed by atoms with Crippen LogP contribution in [0.5, 0.6) is 17.2 Å². The molecule has 0 fully saturated rings. The van der Waals surface area contributed by atoms with E-state index in [-0.39, 0.29) is 40.7 Å². The monoisotopic (exact) mass is 599 g/mol. The van der Waals surface area contributed by atoms with Gasteiger partial charge in [-0.25, -0.2) is 9.59 Å². The first-order chi connectivity index (χ1) is 19.3. The van der Waals surface area contributed by atoms with Gasteiger partial charge in [0.25, 0.3) is 5.91 Å². The van der Waals surface area contributed by atoms with Crippen molar-refractivity contribution < 1.29 is 42.9 Å². The number of esters is 3. The molecule has 0 aromatic heterocycles. The average molecular weight is 600 g/mol. The summed E-state index contributed by atoms with van der Waals surface area (Å²) < 4.78 is 28.1. The Bertz CT molecular complexity index is 1350. The van der Waals surface area contributed by atoms with E-state index in [1.165, 1.54) is 17.0 Å². The highest BCUT2D eigenvalue weighted by atomic mass is 28.3. The van der Waals surface area contributed by atoms with Gasteiger partial charge in [-0.15, -0.1) is 0 Å². The molecule has 0 bridgehead atoms. The molecule has 1 aliphatic rings. The quantitative estimate of drug-likeness (QED) is 0.194. The largest absolute Gasteiger partial charge is 0.481 e. The lowest BCUT2D eigenvalue weighted by Crippen LogP contribution is -2.39. The lowest BCUT2D eigenvalue weighted by molar-refractivity contribution is -0.157. The molecular weight excluding hydrogens is 558 g/mol. The second kappa shape index (κ2) is 12.6. The van der Waals surface area contributed by atoms with Gasteiger partial charge in [0.05, 0.1) is 17.9 Å². The first-order valence-electron chi connectivity index (χ1n) is 13.8. The van der Waals surface area contributed by atoms with Crippen LogP contribution in [0.3, 0.4) is 0 Å². The molecule has 0 unspecified atom stereocenters. The molecule has 0 saturated carbocycles. The van der Waals surface area contributed by atoms with Gasteiger partial charge in [-0.3, -0.25) is 14.5 Å². The number of amides is 1. The predicted molar refractivity (Wildman–Crippen MR) is 160 cm³/mol. The Morgan fingerprint density at radius 3 is 2.14 bits per heavy atom. The summed E-state index contributed by atoms with van der Waals surface area (Å²) in [6.45, 7) is 16.3. The molecule has 0 spiro atoms. The van der Waals surface area contributed by atoms with Crippen LogP contribution in [0.15, 0.2) is 36.4 Å². The number of benzene rings is 2. The van der Waals surface area contributed by atoms with Gasteiger partial charge < -0.3 is 23.7 Å². The molecule has 11 heteroatoms. The van der Waals surface area contributed by atoms with E-state index in [1.807, 2.05) is 0 Å². The zero-order chi connectivity index (χ0) is 31.5. The summed E-state index contributed by atoms with van der Waals surface area (Å²) in [5.41, 5.74) is -1.14. The molecule has 1 heterocycles. The zero-order valence-corrected chi connectivity index (χ0v) is 26.9. The van der Waals surface area contributed by atoms with Crippen molar-refractivity contribution in [2.75, 3.05) is 24.7 Å². The minimum Gasteiger partial charge on any atom is -0.481 e. The van der Waals surface area contributed by atoms with Gasteiger partial charge in [0.15, 0.2) is 12.4 Å². The van der Waals surface area contributed by atoms with Crippen LogP contribution >= 0.6 is 0 Å². The third-order valence-electron chi connectivity index (χ3n) is 5.71. The molecule has 228 valence electrons. The third kappa shape index (κ3) is 9.33. The molecule has 0 aliphatic carbocycles. The van der Waals surface area contributed by atoms with Crippen molar-refractivity contribution in [1.29, 1.82) is 0 Å². The van der Waals surface area contributed by atoms with Crippen molar-refractivity contribution in [2.24, 2.45) is 0 Å². The highest BCUT2D eigenvalue weighted by Crippen LogP contribution is 2.42. The summed E-state index contributed by atoms with van der Waals surface area (Å²) in [6, 6.07) is 10.1. The van der Waals surface area contributed by atoms with Crippen LogP contribution in [0.25, 0.3) is 0 Å². The lowest BCUT2D eigenvalue weighted by atomic mass is 10.1. The number of carbonyl (C=O) groups excluding carboxylic acids is 4. The minimum atomic E-state index is -1.42. The summed E-state index contributed by atoms with van der Waals surface area (Å²) in [5, 5.41) is 0. The molecule has 2 aromatic carbocycles. The smallest absolute Gasteiger partial charge is 0.344 e. The van der Waals surface area contributed by atoms with Crippen LogP contribution in [-0.2, 0) is 23.8 Å². The maximum Gasteiger partial charge on any atom is 0.344 e. The molecule has 42 heavy (non-hydrogen) atoms. The number of fused-ring (bicyclic) bond motifs is 2. The van der Waals surface area contributed by atoms with Crippen LogP contribution < -0.4 is 14.4 Å². The van der Waals surface area contributed by atoms with Crippen LogP contribution in [0.4, 0.5) is 5.69 Å². The van der Waals surface area contributed by atoms with Crippen molar-refractivity contribution in [1.82, 2.24) is 0 Å². The topological polar surface area (TPSA) is 118 Å². The molecule has 3 rings (SSSR count). The Balaban J connectivity index is 2.00. The number of nitrogens with zero attached hydrogens (tertiary/aromatic N) is 1. The summed E-state index contributed by atoms with van der Waals surface area (Å²) in [5.74, 6) is -2.03. The van der Waals surface area contributed by atoms with Crippen LogP contribution in [0.2, 0.25) is 25.7 Å². The summed E-state index contributed by atoms with van der Waals surface area (Å²) in [7, 11) is -1.42. The van der Waals surface area contributed by atoms with Gasteiger partial charge in [-0.2, -0.15) is 0 Å². The van der Waals surface area contributed by atoms with Gasteiger partial charge in [-0.1, -0.05) is 25.7 Å². The zero-order valence-electron chi connectivity index (χ0n) is 25.9. The first-order valence-corrected chi connectivity index (χ1v) is 17.5. The van der Waals surface area contributed by atoms with Crippen molar-refractivity contribution >= 4 is 37.6 Å². The second-order valence-corrected chi connectivity index (χ2v) is 18.8. The molecule has 10 nitrogen and oxygen atoms in total. The van der Waals surface area contributed by atoms with Crippen LogP contribution in [0, 0.1) is 0 Å². The average Bonchev–Trinajstić information content (AvgIpc) is 2.94. The molecular formula is C31H41NO9Si. The fraction of sp³-hybridized carbons (Fsp3) is 0.484. The first kappa shape index (κ1) is 32.6. The van der Waals surface area contributed by atoms with Crippen molar-refractivity contribution in [3.05, 3.63) is 47.5 Å². The summed E-state index contributed by atoms with van der Waals surface area (Å²) in [4.78, 5) is 53.5. The van der Waals surface area contributed by atoms with Gasteiger partial charge in [0.2, 0.25) is 0 Å². The fourth-order valence-electron chi connectivity index (χ4n) is 3.93. The highest BCUT2D eigenvalue weighted by molar-refractivity contribution is 6.76. The van der Waals surface area contributed by atoms with E-state index in [9.17, 15) is 19.2 Å². The van der Waals surface area contributed by atoms with Crippen molar-refractivity contribution in [3.63, 3.8) is 0 Å².